The second-order valence-corrected chi connectivity index (χ2v) is 11.0. The fourth-order valence-corrected chi connectivity index (χ4v) is 6.45. The van der Waals surface area contributed by atoms with Crippen LogP contribution >= 0.6 is 11.3 Å². The molecule has 0 bridgehead atoms. The highest BCUT2D eigenvalue weighted by atomic mass is 32.1. The molecule has 2 aliphatic carbocycles. The number of primary amides is 1. The third kappa shape index (κ3) is 4.43. The first kappa shape index (κ1) is 23.5. The molecule has 0 atom stereocenters. The van der Waals surface area contributed by atoms with E-state index in [0.717, 1.165) is 53.0 Å². The molecule has 1 spiro atoms. The van der Waals surface area contributed by atoms with Crippen molar-refractivity contribution in [2.45, 2.75) is 51.2 Å². The Morgan fingerprint density at radius 2 is 1.97 bits per heavy atom. The minimum absolute atomic E-state index is 0.00590. The summed E-state index contributed by atoms with van der Waals surface area (Å²) in [5.74, 6) is -0.309. The van der Waals surface area contributed by atoms with Crippen molar-refractivity contribution in [1.29, 1.82) is 0 Å². The lowest BCUT2D eigenvalue weighted by Gasteiger charge is -2.57. The number of carbonyl (C=O) groups is 2. The summed E-state index contributed by atoms with van der Waals surface area (Å²) in [7, 11) is 1.81. The molecule has 4 heterocycles. The van der Waals surface area contributed by atoms with Crippen LogP contribution in [0.25, 0.3) is 21.6 Å². The molecular formula is C26H27N7O3S. The number of rotatable bonds is 7. The molecule has 4 aromatic rings. The number of aromatic nitrogens is 5. The summed E-state index contributed by atoms with van der Waals surface area (Å²) in [5.41, 5.74) is 9.28. The largest absolute Gasteiger partial charge is 0.474 e. The highest BCUT2D eigenvalue weighted by molar-refractivity contribution is 7.13. The molecule has 2 fully saturated rings. The van der Waals surface area contributed by atoms with Crippen molar-refractivity contribution in [1.82, 2.24) is 30.0 Å². The molecule has 6 rings (SSSR count). The molecule has 190 valence electrons. The van der Waals surface area contributed by atoms with Gasteiger partial charge in [0.2, 0.25) is 11.8 Å². The van der Waals surface area contributed by atoms with Crippen LogP contribution in [-0.2, 0) is 18.3 Å². The SMILES string of the molecule is Cc1nn(C)c2nc(OC3CC4(CC(NC(=O)Cc5csc(-c6ccncc6)n5)C4)C3)c(C(N)=O)cc12. The van der Waals surface area contributed by atoms with Gasteiger partial charge in [-0.25, -0.2) is 4.98 Å². The Bertz CT molecular complexity index is 1500. The molecule has 0 unspecified atom stereocenters. The predicted molar refractivity (Wildman–Crippen MR) is 138 cm³/mol. The number of fused-ring (bicyclic) bond motifs is 1. The van der Waals surface area contributed by atoms with Gasteiger partial charge in [-0.3, -0.25) is 19.3 Å². The Kier molecular flexibility index (Phi) is 5.67. The normalized spacial score (nSPS) is 22.4. The van der Waals surface area contributed by atoms with Gasteiger partial charge in [-0.1, -0.05) is 0 Å². The Hall–Kier alpha value is -3.86. The molecule has 3 N–H and O–H groups in total. The van der Waals surface area contributed by atoms with E-state index < -0.39 is 5.91 Å². The predicted octanol–water partition coefficient (Wildman–Crippen LogP) is 2.94. The van der Waals surface area contributed by atoms with Gasteiger partial charge in [-0.05, 0) is 56.2 Å². The minimum atomic E-state index is -0.568. The summed E-state index contributed by atoms with van der Waals surface area (Å²) in [6.07, 6.45) is 7.29. The highest BCUT2D eigenvalue weighted by Gasteiger charge is 2.54. The number of nitrogens with two attached hydrogens (primary N) is 1. The maximum absolute atomic E-state index is 12.6. The van der Waals surface area contributed by atoms with Crippen LogP contribution in [-0.4, -0.2) is 48.7 Å². The van der Waals surface area contributed by atoms with Gasteiger partial charge in [0.1, 0.15) is 16.7 Å². The summed E-state index contributed by atoms with van der Waals surface area (Å²) in [4.78, 5) is 37.8. The average Bonchev–Trinajstić information content (AvgIpc) is 3.40. The second kappa shape index (κ2) is 8.91. The maximum Gasteiger partial charge on any atom is 0.254 e. The molecule has 11 heteroatoms. The lowest BCUT2D eigenvalue weighted by Crippen LogP contribution is -2.59. The van der Waals surface area contributed by atoms with Crippen molar-refractivity contribution < 1.29 is 14.3 Å². The first-order valence-corrected chi connectivity index (χ1v) is 13.1. The van der Waals surface area contributed by atoms with Gasteiger partial charge in [0.15, 0.2) is 5.65 Å². The molecular weight excluding hydrogens is 490 g/mol. The van der Waals surface area contributed by atoms with Gasteiger partial charge < -0.3 is 15.8 Å². The van der Waals surface area contributed by atoms with Crippen LogP contribution < -0.4 is 15.8 Å². The highest BCUT2D eigenvalue weighted by Crippen LogP contribution is 2.56. The lowest BCUT2D eigenvalue weighted by molar-refractivity contribution is -0.127. The van der Waals surface area contributed by atoms with Crippen molar-refractivity contribution in [2.24, 2.45) is 18.2 Å². The molecule has 0 aliphatic heterocycles. The van der Waals surface area contributed by atoms with Crippen LogP contribution in [0.5, 0.6) is 5.88 Å². The van der Waals surface area contributed by atoms with Crippen LogP contribution in [0.1, 0.15) is 47.4 Å². The third-order valence-corrected chi connectivity index (χ3v) is 8.31. The zero-order valence-electron chi connectivity index (χ0n) is 20.6. The number of ether oxygens (including phenoxy) is 1. The van der Waals surface area contributed by atoms with Gasteiger partial charge >= 0.3 is 0 Å². The van der Waals surface area contributed by atoms with E-state index in [2.05, 4.69) is 25.4 Å². The fourth-order valence-electron chi connectivity index (χ4n) is 5.62. The van der Waals surface area contributed by atoms with Crippen molar-refractivity contribution in [2.75, 3.05) is 0 Å². The monoisotopic (exact) mass is 517 g/mol. The molecule has 2 saturated carbocycles. The fraction of sp³-hybridized carbons (Fsp3) is 0.385. The van der Waals surface area contributed by atoms with Crippen LogP contribution in [0.15, 0.2) is 36.0 Å². The number of aryl methyl sites for hydroxylation is 2. The summed E-state index contributed by atoms with van der Waals surface area (Å²) in [5, 5.41) is 11.1. The zero-order valence-corrected chi connectivity index (χ0v) is 21.4. The first-order valence-electron chi connectivity index (χ1n) is 12.2. The third-order valence-electron chi connectivity index (χ3n) is 7.37. The van der Waals surface area contributed by atoms with E-state index in [4.69, 9.17) is 10.5 Å². The van der Waals surface area contributed by atoms with Crippen LogP contribution in [0.2, 0.25) is 0 Å². The van der Waals surface area contributed by atoms with E-state index in [1.54, 1.807) is 23.1 Å². The number of nitrogens with zero attached hydrogens (tertiary/aromatic N) is 5. The Morgan fingerprint density at radius 1 is 1.22 bits per heavy atom. The van der Waals surface area contributed by atoms with E-state index in [9.17, 15) is 9.59 Å². The minimum Gasteiger partial charge on any atom is -0.474 e. The molecule has 37 heavy (non-hydrogen) atoms. The summed E-state index contributed by atoms with van der Waals surface area (Å²) in [6.45, 7) is 1.87. The summed E-state index contributed by atoms with van der Waals surface area (Å²) in [6, 6.07) is 5.71. The number of thiazole rings is 1. The summed E-state index contributed by atoms with van der Waals surface area (Å²) >= 11 is 1.53. The van der Waals surface area contributed by atoms with Gasteiger partial charge in [-0.15, -0.1) is 11.3 Å². The Morgan fingerprint density at radius 3 is 2.70 bits per heavy atom. The molecule has 2 aliphatic rings. The Labute approximate surface area is 217 Å². The van der Waals surface area contributed by atoms with E-state index in [1.165, 1.54) is 11.3 Å². The molecule has 0 aromatic carbocycles. The Balaban J connectivity index is 1.01. The summed E-state index contributed by atoms with van der Waals surface area (Å²) < 4.78 is 7.80. The molecule has 10 nitrogen and oxygen atoms in total. The number of pyridine rings is 2. The quantitative estimate of drug-likeness (QED) is 0.384. The number of nitrogens with one attached hydrogen (secondary N) is 1. The molecule has 4 aromatic heterocycles. The first-order chi connectivity index (χ1) is 17.8. The number of hydrogen-bond donors (Lipinski definition) is 2. The number of carbonyl (C=O) groups excluding carboxylic acids is 2. The maximum atomic E-state index is 12.6. The van der Waals surface area contributed by atoms with E-state index in [-0.39, 0.29) is 41.3 Å². The smallest absolute Gasteiger partial charge is 0.254 e. The van der Waals surface area contributed by atoms with Gasteiger partial charge in [-0.2, -0.15) is 10.1 Å². The van der Waals surface area contributed by atoms with E-state index >= 15 is 0 Å². The molecule has 2 amide bonds. The van der Waals surface area contributed by atoms with Gasteiger partial charge in [0, 0.05) is 41.8 Å². The molecule has 0 radical (unpaired) electrons. The van der Waals surface area contributed by atoms with E-state index in [0.29, 0.717) is 5.65 Å². The van der Waals surface area contributed by atoms with Crippen molar-refractivity contribution in [3.05, 3.63) is 52.9 Å². The van der Waals surface area contributed by atoms with Gasteiger partial charge in [0.25, 0.3) is 5.91 Å². The standard InChI is InChI=1S/C26H27N7O3S/c1-14-19-8-20(22(27)35)24(31-23(19)33(2)32-14)36-18-11-26(12-18)9-17(10-26)29-21(34)7-16-13-37-25(30-16)15-3-5-28-6-4-15/h3-6,8,13,17-18H,7,9-12H2,1-2H3,(H2,27,35)(H,29,34). The topological polar surface area (TPSA) is 138 Å². The van der Waals surface area contributed by atoms with Crippen molar-refractivity contribution in [3.63, 3.8) is 0 Å². The number of amides is 2. The van der Waals surface area contributed by atoms with Crippen LogP contribution in [0.4, 0.5) is 0 Å². The second-order valence-electron chi connectivity index (χ2n) is 10.2. The van der Waals surface area contributed by atoms with Crippen molar-refractivity contribution >= 4 is 34.2 Å². The van der Waals surface area contributed by atoms with Crippen LogP contribution in [0, 0.1) is 12.3 Å². The van der Waals surface area contributed by atoms with Crippen LogP contribution in [0.3, 0.4) is 0 Å². The average molecular weight is 518 g/mol. The molecule has 0 saturated heterocycles. The van der Waals surface area contributed by atoms with Gasteiger partial charge in [0.05, 0.1) is 17.8 Å². The lowest BCUT2D eigenvalue weighted by atomic mass is 9.53. The van der Waals surface area contributed by atoms with Crippen molar-refractivity contribution in [3.8, 4) is 16.5 Å². The van der Waals surface area contributed by atoms with E-state index in [1.807, 2.05) is 31.5 Å². The zero-order chi connectivity index (χ0) is 25.7. The number of hydrogen-bond acceptors (Lipinski definition) is 8.